The van der Waals surface area contributed by atoms with Gasteiger partial charge in [0.1, 0.15) is 21.5 Å². The van der Waals surface area contributed by atoms with Crippen molar-refractivity contribution in [2.24, 2.45) is 5.92 Å². The fourth-order valence-corrected chi connectivity index (χ4v) is 6.27. The molecule has 0 saturated carbocycles. The van der Waals surface area contributed by atoms with Crippen molar-refractivity contribution in [2.75, 3.05) is 38.2 Å². The fourth-order valence-electron chi connectivity index (χ4n) is 4.55. The Hall–Kier alpha value is -2.21. The first-order valence-electron chi connectivity index (χ1n) is 12.2. The van der Waals surface area contributed by atoms with E-state index in [0.29, 0.717) is 37.6 Å². The molecule has 3 heterocycles. The Morgan fingerprint density at radius 3 is 2.67 bits per heavy atom. The molecule has 2 saturated heterocycles. The fraction of sp³-hybridized carbons (Fsp3) is 0.583. The van der Waals surface area contributed by atoms with Gasteiger partial charge in [0, 0.05) is 32.3 Å². The highest BCUT2D eigenvalue weighted by molar-refractivity contribution is 7.89. The van der Waals surface area contributed by atoms with Gasteiger partial charge in [-0.05, 0) is 57.6 Å². The summed E-state index contributed by atoms with van der Waals surface area (Å²) in [5.41, 5.74) is 0.0542. The van der Waals surface area contributed by atoms with Gasteiger partial charge >= 0.3 is 0 Å². The minimum atomic E-state index is -4.04. The Morgan fingerprint density at radius 1 is 1.28 bits per heavy atom. The molecule has 4 rings (SSSR count). The van der Waals surface area contributed by atoms with Crippen LogP contribution in [0.3, 0.4) is 0 Å². The molecule has 0 radical (unpaired) electrons. The molecular weight excluding hydrogens is 511 g/mol. The van der Waals surface area contributed by atoms with Crippen LogP contribution in [0.4, 0.5) is 10.1 Å². The smallest absolute Gasteiger partial charge is 0.287 e. The Labute approximate surface area is 215 Å². The van der Waals surface area contributed by atoms with Crippen LogP contribution in [0.1, 0.15) is 45.6 Å². The summed E-state index contributed by atoms with van der Waals surface area (Å²) in [6, 6.07) is 3.45. The van der Waals surface area contributed by atoms with Crippen LogP contribution in [-0.2, 0) is 14.8 Å². The van der Waals surface area contributed by atoms with Crippen LogP contribution in [0.5, 0.6) is 5.75 Å². The molecule has 1 aromatic carbocycles. The molecule has 12 heteroatoms. The largest absolute Gasteiger partial charge is 0.491 e. The molecular formula is C24H32ClFN4O5S. The Morgan fingerprint density at radius 2 is 2.03 bits per heavy atom. The molecule has 0 spiro atoms. The molecule has 198 valence electrons. The summed E-state index contributed by atoms with van der Waals surface area (Å²) < 4.78 is 54.3. The van der Waals surface area contributed by atoms with Crippen molar-refractivity contribution in [1.82, 2.24) is 14.1 Å². The first-order valence-corrected chi connectivity index (χ1v) is 14.0. The van der Waals surface area contributed by atoms with Gasteiger partial charge in [-0.1, -0.05) is 11.6 Å². The zero-order valence-electron chi connectivity index (χ0n) is 20.5. The van der Waals surface area contributed by atoms with E-state index in [9.17, 15) is 17.6 Å². The van der Waals surface area contributed by atoms with Crippen LogP contribution >= 0.6 is 11.6 Å². The number of rotatable bonds is 8. The molecule has 2 aromatic rings. The van der Waals surface area contributed by atoms with E-state index in [2.05, 4.69) is 10.4 Å². The highest BCUT2D eigenvalue weighted by Crippen LogP contribution is 2.29. The summed E-state index contributed by atoms with van der Waals surface area (Å²) in [6.07, 6.45) is 4.14. The molecule has 2 aliphatic rings. The second-order valence-corrected chi connectivity index (χ2v) is 11.8. The van der Waals surface area contributed by atoms with Crippen LogP contribution in [0, 0.1) is 11.7 Å². The lowest BCUT2D eigenvalue weighted by Gasteiger charge is -2.31. The van der Waals surface area contributed by atoms with Gasteiger partial charge in [-0.3, -0.25) is 4.79 Å². The summed E-state index contributed by atoms with van der Waals surface area (Å²) in [7, 11) is -4.04. The Balaban J connectivity index is 1.40. The van der Waals surface area contributed by atoms with Gasteiger partial charge in [-0.2, -0.15) is 9.40 Å². The lowest BCUT2D eigenvalue weighted by molar-refractivity contribution is 0.0595. The lowest BCUT2D eigenvalue weighted by Crippen LogP contribution is -2.41. The van der Waals surface area contributed by atoms with Crippen molar-refractivity contribution in [2.45, 2.75) is 56.6 Å². The summed E-state index contributed by atoms with van der Waals surface area (Å²) >= 11 is 6.35. The number of anilines is 1. The van der Waals surface area contributed by atoms with E-state index in [1.165, 1.54) is 27.3 Å². The summed E-state index contributed by atoms with van der Waals surface area (Å²) in [5.74, 6) is -0.234. The Kier molecular flexibility index (Phi) is 8.54. The van der Waals surface area contributed by atoms with E-state index in [1.54, 1.807) is 13.8 Å². The van der Waals surface area contributed by atoms with Gasteiger partial charge in [0.25, 0.3) is 5.56 Å². The Bertz CT molecular complexity index is 1230. The normalized spacial score (nSPS) is 20.0. The number of benzene rings is 1. The zero-order chi connectivity index (χ0) is 25.9. The number of sulfonamides is 1. The third-order valence-electron chi connectivity index (χ3n) is 6.44. The minimum absolute atomic E-state index is 0.0579. The maximum absolute atomic E-state index is 14.6. The average molecular weight is 543 g/mol. The van der Waals surface area contributed by atoms with Crippen LogP contribution < -0.4 is 15.6 Å². The quantitative estimate of drug-likeness (QED) is 0.542. The molecule has 9 nitrogen and oxygen atoms in total. The van der Waals surface area contributed by atoms with Crippen LogP contribution in [0.2, 0.25) is 5.02 Å². The number of halogens is 2. The number of piperidine rings is 1. The monoisotopic (exact) mass is 542 g/mol. The van der Waals surface area contributed by atoms with E-state index < -0.39 is 26.3 Å². The standard InChI is InChI=1S/C24H32ClFN4O5S/c1-16(2)35-19-5-6-22(20(26)12-19)36(32,33)29-9-7-18(8-10-29)30-24(31)23(25)21(14-28-30)27-13-17-4-3-11-34-15-17/h5-6,12,14,16-18,27H,3-4,7-11,13,15H2,1-2H3/t17-/m0/s1. The van der Waals surface area contributed by atoms with E-state index >= 15 is 0 Å². The average Bonchev–Trinajstić information content (AvgIpc) is 2.85. The molecule has 0 aliphatic carbocycles. The highest BCUT2D eigenvalue weighted by atomic mass is 35.5. The number of hydrogen-bond donors (Lipinski definition) is 1. The number of ether oxygens (including phenoxy) is 2. The lowest BCUT2D eigenvalue weighted by atomic mass is 10.0. The predicted molar refractivity (Wildman–Crippen MR) is 135 cm³/mol. The van der Waals surface area contributed by atoms with Crippen LogP contribution in [0.25, 0.3) is 0 Å². The number of hydrogen-bond acceptors (Lipinski definition) is 7. The maximum atomic E-state index is 14.6. The third kappa shape index (κ3) is 6.01. The number of nitrogens with one attached hydrogen (secondary N) is 1. The van der Waals surface area contributed by atoms with Gasteiger partial charge in [0.05, 0.1) is 30.6 Å². The second kappa shape index (κ2) is 11.5. The van der Waals surface area contributed by atoms with Crippen molar-refractivity contribution in [3.63, 3.8) is 0 Å². The van der Waals surface area contributed by atoms with E-state index in [1.807, 2.05) is 0 Å². The third-order valence-corrected chi connectivity index (χ3v) is 8.74. The first-order chi connectivity index (χ1) is 17.2. The highest BCUT2D eigenvalue weighted by Gasteiger charge is 2.33. The van der Waals surface area contributed by atoms with Crippen molar-refractivity contribution in [3.8, 4) is 5.75 Å². The molecule has 0 bridgehead atoms. The van der Waals surface area contributed by atoms with Gasteiger partial charge in [-0.25, -0.2) is 17.5 Å². The molecule has 1 atom stereocenters. The van der Waals surface area contributed by atoms with Gasteiger partial charge in [0.15, 0.2) is 0 Å². The van der Waals surface area contributed by atoms with Crippen LogP contribution in [-0.4, -0.2) is 61.5 Å². The molecule has 2 aliphatic heterocycles. The van der Waals surface area contributed by atoms with E-state index in [0.717, 1.165) is 25.5 Å². The van der Waals surface area contributed by atoms with E-state index in [4.69, 9.17) is 21.1 Å². The topological polar surface area (TPSA) is 103 Å². The van der Waals surface area contributed by atoms with Crippen molar-refractivity contribution in [3.05, 3.63) is 45.6 Å². The molecule has 2 fully saturated rings. The molecule has 1 N–H and O–H groups in total. The molecule has 0 amide bonds. The first kappa shape index (κ1) is 26.8. The van der Waals surface area contributed by atoms with Crippen molar-refractivity contribution in [1.29, 1.82) is 0 Å². The maximum Gasteiger partial charge on any atom is 0.287 e. The SMILES string of the molecule is CC(C)Oc1ccc(S(=O)(=O)N2CCC(n3ncc(NC[C@@H]4CCCOC4)c(Cl)c3=O)CC2)c(F)c1. The van der Waals surface area contributed by atoms with Gasteiger partial charge in [-0.15, -0.1) is 0 Å². The summed E-state index contributed by atoms with van der Waals surface area (Å²) in [4.78, 5) is 12.5. The number of nitrogens with zero attached hydrogens (tertiary/aromatic N) is 3. The van der Waals surface area contributed by atoms with Crippen molar-refractivity contribution < 1.29 is 22.3 Å². The summed E-state index contributed by atoms with van der Waals surface area (Å²) in [5, 5.41) is 7.56. The molecule has 36 heavy (non-hydrogen) atoms. The van der Waals surface area contributed by atoms with Crippen LogP contribution in [0.15, 0.2) is 34.1 Å². The van der Waals surface area contributed by atoms with Gasteiger partial charge in [0.2, 0.25) is 10.0 Å². The summed E-state index contributed by atoms with van der Waals surface area (Å²) in [6.45, 7) is 5.96. The minimum Gasteiger partial charge on any atom is -0.491 e. The number of aromatic nitrogens is 2. The molecule has 0 unspecified atom stereocenters. The molecule has 1 aromatic heterocycles. The second-order valence-electron chi connectivity index (χ2n) is 9.48. The zero-order valence-corrected chi connectivity index (χ0v) is 22.0. The van der Waals surface area contributed by atoms with Gasteiger partial charge < -0.3 is 14.8 Å². The van der Waals surface area contributed by atoms with Crippen molar-refractivity contribution >= 4 is 27.3 Å². The predicted octanol–water partition coefficient (Wildman–Crippen LogP) is 3.69. The van der Waals surface area contributed by atoms with E-state index in [-0.39, 0.29) is 36.0 Å².